The maximum atomic E-state index is 0. The molecule has 58 valence electrons. The third-order valence-electron chi connectivity index (χ3n) is 0. The van der Waals surface area contributed by atoms with E-state index in [-0.39, 0.29) is 90.0 Å². The molecule has 0 radical (unpaired) electrons. The molecule has 0 saturated carbocycles. The molecule has 0 aliphatic rings. The van der Waals surface area contributed by atoms with E-state index in [1.807, 2.05) is 0 Å². The first-order chi connectivity index (χ1) is 0. The van der Waals surface area contributed by atoms with Gasteiger partial charge in [-0.25, -0.2) is 0 Å². The second kappa shape index (κ2) is 187. The number of hydrogen-bond acceptors (Lipinski definition) is 0. The average Bonchev–Trinajstić information content (AvgIpc) is 0. The predicted octanol–water partition coefficient (Wildman–Crippen LogP) is -9.02. The maximum absolute atomic E-state index is 0. The van der Waals surface area contributed by atoms with Crippen molar-refractivity contribution in [2.45, 2.75) is 0 Å². The van der Waals surface area contributed by atoms with Crippen LogP contribution in [0.25, 0.3) is 0 Å². The van der Waals surface area contributed by atoms with E-state index in [0.717, 1.165) is 0 Å². The summed E-state index contributed by atoms with van der Waals surface area (Å²) in [5.41, 5.74) is 0. The van der Waals surface area contributed by atoms with Gasteiger partial charge in [0.15, 0.2) is 0 Å². The monoisotopic (exact) mass is 344 g/mol. The van der Waals surface area contributed by atoms with Crippen LogP contribution in [-0.2, 0) is 0 Å². The van der Waals surface area contributed by atoms with Crippen molar-refractivity contribution in [1.29, 1.82) is 0 Å². The molecule has 0 amide bonds. The fourth-order valence-electron chi connectivity index (χ4n) is 0. The van der Waals surface area contributed by atoms with E-state index in [0.29, 0.717) is 0 Å². The van der Waals surface area contributed by atoms with E-state index in [2.05, 4.69) is 0 Å². The molecule has 0 bridgehead atoms. The molecule has 0 aromatic rings. The van der Waals surface area contributed by atoms with Gasteiger partial charge in [-0.15, -0.1) is 0 Å². The average molecular weight is 344 g/mol. The molecule has 0 heterocycles. The van der Waals surface area contributed by atoms with Crippen molar-refractivity contribution >= 4 is 26.2 Å². The summed E-state index contributed by atoms with van der Waals surface area (Å²) in [6.45, 7) is 0. The normalized spacial score (nSPS) is 0. The van der Waals surface area contributed by atoms with Crippen LogP contribution in [0, 0.1) is 0 Å². The summed E-state index contributed by atoms with van der Waals surface area (Å²) in [6.07, 6.45) is 0. The summed E-state index contributed by atoms with van der Waals surface area (Å²) >= 11 is 0. The Kier molecular flexibility index (Phi) is 6240. The first kappa shape index (κ1) is 267. The molecule has 8 heteroatoms. The Balaban J connectivity index is 0. The first-order valence-corrected chi connectivity index (χ1v) is 0. The van der Waals surface area contributed by atoms with Gasteiger partial charge in [-0.1, -0.05) is 0 Å². The zero-order chi connectivity index (χ0) is 0. The number of rotatable bonds is 0. The van der Waals surface area contributed by atoms with E-state index < -0.39 is 0 Å². The number of hydrogen-bond donors (Lipinski definition) is 0. The SMILES string of the molecule is O.O.O.O.O.O.[BiH3].[H-].[Na+]. The molecule has 0 atom stereocenters. The molecule has 0 unspecified atom stereocenters. The second-order valence-electron chi connectivity index (χ2n) is 0. The fraction of sp³-hybridized carbons (Fsp3) is 0. The van der Waals surface area contributed by atoms with Crippen molar-refractivity contribution in [1.82, 2.24) is 0 Å². The standard InChI is InChI=1S/Bi.Na.6H2O.4H/h;;6*1H2;;;;/q;+1;;;;;;;;;;-1. The van der Waals surface area contributed by atoms with Gasteiger partial charge in [0, 0.05) is 0 Å². The van der Waals surface area contributed by atoms with Crippen LogP contribution >= 0.6 is 0 Å². The third kappa shape index (κ3) is 125. The smallest absolute Gasteiger partial charge is 1.00 e. The molecular formula is H16BiNaO6. The van der Waals surface area contributed by atoms with Gasteiger partial charge in [-0.2, -0.15) is 0 Å². The van der Waals surface area contributed by atoms with Gasteiger partial charge in [0.25, 0.3) is 0 Å². The van der Waals surface area contributed by atoms with E-state index in [1.165, 1.54) is 0 Å². The molecule has 0 aliphatic heterocycles. The first-order valence-electron chi connectivity index (χ1n) is 0. The maximum Gasteiger partial charge on any atom is 1.00 e. The van der Waals surface area contributed by atoms with E-state index >= 15 is 0 Å². The minimum Gasteiger partial charge on any atom is -1.00 e. The Hall–Kier alpha value is 1.64. The van der Waals surface area contributed by atoms with Crippen molar-refractivity contribution in [2.75, 3.05) is 0 Å². The summed E-state index contributed by atoms with van der Waals surface area (Å²) in [5.74, 6) is 0. The summed E-state index contributed by atoms with van der Waals surface area (Å²) in [6, 6.07) is 0. The van der Waals surface area contributed by atoms with Gasteiger partial charge in [-0.3, -0.25) is 0 Å². The molecule has 0 aliphatic carbocycles. The molecule has 0 aromatic heterocycles. The summed E-state index contributed by atoms with van der Waals surface area (Å²) in [4.78, 5) is 0. The Morgan fingerprint density at radius 2 is 0.500 bits per heavy atom. The Bertz CT molecular complexity index is 13.0. The van der Waals surface area contributed by atoms with E-state index in [1.54, 1.807) is 0 Å². The van der Waals surface area contributed by atoms with Gasteiger partial charge in [0.1, 0.15) is 0 Å². The van der Waals surface area contributed by atoms with Gasteiger partial charge < -0.3 is 34.3 Å². The zero-order valence-electron chi connectivity index (χ0n) is 5.71. The van der Waals surface area contributed by atoms with Crippen molar-refractivity contribution in [3.05, 3.63) is 0 Å². The summed E-state index contributed by atoms with van der Waals surface area (Å²) < 4.78 is 0. The van der Waals surface area contributed by atoms with E-state index in [4.69, 9.17) is 0 Å². The van der Waals surface area contributed by atoms with Crippen LogP contribution in [-0.4, -0.2) is 59.1 Å². The molecule has 0 rings (SSSR count). The van der Waals surface area contributed by atoms with Gasteiger partial charge in [0.05, 0.1) is 0 Å². The van der Waals surface area contributed by atoms with Gasteiger partial charge in [0.2, 0.25) is 0 Å². The van der Waals surface area contributed by atoms with Gasteiger partial charge in [-0.05, 0) is 0 Å². The van der Waals surface area contributed by atoms with Crippen molar-refractivity contribution in [3.63, 3.8) is 0 Å². The van der Waals surface area contributed by atoms with E-state index in [9.17, 15) is 0 Å². The van der Waals surface area contributed by atoms with Crippen LogP contribution < -0.4 is 29.6 Å². The van der Waals surface area contributed by atoms with Crippen LogP contribution in [0.5, 0.6) is 0 Å². The third-order valence-corrected chi connectivity index (χ3v) is 0. The van der Waals surface area contributed by atoms with Crippen molar-refractivity contribution < 1.29 is 63.8 Å². The molecule has 0 fully saturated rings. The Morgan fingerprint density at radius 3 is 0.500 bits per heavy atom. The van der Waals surface area contributed by atoms with Crippen molar-refractivity contribution in [3.8, 4) is 0 Å². The quantitative estimate of drug-likeness (QED) is 0.378. The van der Waals surface area contributed by atoms with Crippen LogP contribution in [0.15, 0.2) is 0 Å². The molecule has 0 spiro atoms. The second-order valence-corrected chi connectivity index (χ2v) is 0. The van der Waals surface area contributed by atoms with Gasteiger partial charge >= 0.3 is 55.8 Å². The molecular weight excluding hydrogens is 328 g/mol. The zero-order valence-corrected chi connectivity index (χ0v) is 12.2. The fourth-order valence-corrected chi connectivity index (χ4v) is 0. The molecule has 12 N–H and O–H groups in total. The molecule has 0 aromatic carbocycles. The molecule has 0 saturated heterocycles. The summed E-state index contributed by atoms with van der Waals surface area (Å²) in [5, 5.41) is 0. The minimum absolute atomic E-state index is 0. The Morgan fingerprint density at radius 1 is 0.500 bits per heavy atom. The van der Waals surface area contributed by atoms with Crippen LogP contribution in [0.1, 0.15) is 1.43 Å². The summed E-state index contributed by atoms with van der Waals surface area (Å²) in [7, 11) is 0. The van der Waals surface area contributed by atoms with Crippen molar-refractivity contribution in [2.24, 2.45) is 0 Å². The predicted molar refractivity (Wildman–Crippen MR) is 32.7 cm³/mol. The largest absolute Gasteiger partial charge is 1.00 e. The van der Waals surface area contributed by atoms with Crippen LogP contribution in [0.3, 0.4) is 0 Å². The molecule has 6 nitrogen and oxygen atoms in total. The van der Waals surface area contributed by atoms with Crippen LogP contribution in [0.4, 0.5) is 0 Å². The minimum atomic E-state index is 0. The van der Waals surface area contributed by atoms with Crippen LogP contribution in [0.2, 0.25) is 0 Å². The topological polar surface area (TPSA) is 189 Å². The molecule has 8 heavy (non-hydrogen) atoms. The Labute approximate surface area is 89.4 Å².